The molecule has 2 heterocycles. The van der Waals surface area contributed by atoms with Crippen molar-refractivity contribution in [2.24, 2.45) is 0 Å². The van der Waals surface area contributed by atoms with E-state index in [1.165, 1.54) is 18.2 Å². The summed E-state index contributed by atoms with van der Waals surface area (Å²) in [6.45, 7) is -0.539. The Bertz CT molecular complexity index is 1100. The zero-order chi connectivity index (χ0) is 21.3. The van der Waals surface area contributed by atoms with Crippen LogP contribution in [-0.2, 0) is 9.59 Å². The number of fused-ring (bicyclic) bond motifs is 1. The molecule has 2 aliphatic heterocycles. The summed E-state index contributed by atoms with van der Waals surface area (Å²) in [6, 6.07) is 11.2. The first kappa shape index (κ1) is 19.5. The summed E-state index contributed by atoms with van der Waals surface area (Å²) in [7, 11) is 0. The lowest BCUT2D eigenvalue weighted by Gasteiger charge is -2.12. The van der Waals surface area contributed by atoms with Gasteiger partial charge in [0.1, 0.15) is 6.54 Å². The molecule has 0 radical (unpaired) electrons. The molecule has 30 heavy (non-hydrogen) atoms. The summed E-state index contributed by atoms with van der Waals surface area (Å²) in [5, 5.41) is 13.3. The average Bonchev–Trinajstić information content (AvgIpc) is 3.27. The second-order valence-corrected chi connectivity index (χ2v) is 7.20. The monoisotopic (exact) mass is 427 g/mol. The quantitative estimate of drug-likeness (QED) is 0.438. The first-order valence-corrected chi connectivity index (χ1v) is 9.42. The van der Waals surface area contributed by atoms with E-state index in [0.717, 1.165) is 4.90 Å². The number of rotatable bonds is 5. The number of nitrogens with zero attached hydrogens (tertiary/aromatic N) is 2. The fourth-order valence-electron chi connectivity index (χ4n) is 2.86. The minimum atomic E-state index is -0.708. The first-order valence-electron chi connectivity index (χ1n) is 8.60. The Labute approximate surface area is 173 Å². The maximum absolute atomic E-state index is 12.6. The van der Waals surface area contributed by atoms with Crippen LogP contribution in [0.3, 0.4) is 0 Å². The van der Waals surface area contributed by atoms with Crippen molar-refractivity contribution in [2.45, 2.75) is 0 Å². The van der Waals surface area contributed by atoms with Crippen molar-refractivity contribution in [3.05, 3.63) is 63.0 Å². The summed E-state index contributed by atoms with van der Waals surface area (Å²) in [5.74, 6) is -0.725. The van der Waals surface area contributed by atoms with Crippen LogP contribution in [0, 0.1) is 10.1 Å². The smallest absolute Gasteiger partial charge is 0.294 e. The minimum absolute atomic E-state index is 0.0329. The van der Waals surface area contributed by atoms with E-state index >= 15 is 0 Å². The predicted molar refractivity (Wildman–Crippen MR) is 107 cm³/mol. The molecule has 2 aromatic carbocycles. The van der Waals surface area contributed by atoms with Crippen LogP contribution in [0.4, 0.5) is 16.2 Å². The van der Waals surface area contributed by atoms with E-state index in [0.29, 0.717) is 23.2 Å². The molecule has 0 bridgehead atoms. The van der Waals surface area contributed by atoms with Gasteiger partial charge in [-0.1, -0.05) is 18.2 Å². The van der Waals surface area contributed by atoms with Crippen molar-refractivity contribution in [2.75, 3.05) is 18.7 Å². The fourth-order valence-corrected chi connectivity index (χ4v) is 3.69. The lowest BCUT2D eigenvalue weighted by Crippen LogP contribution is -2.36. The lowest BCUT2D eigenvalue weighted by molar-refractivity contribution is -0.385. The minimum Gasteiger partial charge on any atom is -0.454 e. The third kappa shape index (κ3) is 3.82. The van der Waals surface area contributed by atoms with Crippen LogP contribution >= 0.6 is 11.8 Å². The SMILES string of the molecule is O=C(CN1C(=O)S/C(=C\c2cc3c(cc2[N+](=O)[O-])OCO3)C1=O)Nc1ccccc1. The fraction of sp³-hybridized carbons (Fsp3) is 0.105. The normalized spacial score (nSPS) is 16.3. The van der Waals surface area contributed by atoms with E-state index in [9.17, 15) is 24.5 Å². The molecule has 1 saturated heterocycles. The largest absolute Gasteiger partial charge is 0.454 e. The number of nitrogens with one attached hydrogen (secondary N) is 1. The maximum atomic E-state index is 12.6. The molecule has 4 rings (SSSR count). The van der Waals surface area contributed by atoms with Crippen LogP contribution in [0.5, 0.6) is 11.5 Å². The lowest BCUT2D eigenvalue weighted by atomic mass is 10.1. The summed E-state index contributed by atoms with van der Waals surface area (Å²) >= 11 is 0.602. The molecule has 3 amide bonds. The van der Waals surface area contributed by atoms with E-state index < -0.39 is 28.5 Å². The van der Waals surface area contributed by atoms with Gasteiger partial charge in [-0.3, -0.25) is 29.4 Å². The van der Waals surface area contributed by atoms with Crippen LogP contribution in [-0.4, -0.2) is 40.2 Å². The molecule has 1 fully saturated rings. The number of ether oxygens (including phenoxy) is 2. The Morgan fingerprint density at radius 2 is 1.90 bits per heavy atom. The molecule has 0 aromatic heterocycles. The molecule has 0 spiro atoms. The number of para-hydroxylation sites is 1. The number of imide groups is 1. The number of amides is 3. The van der Waals surface area contributed by atoms with Crippen LogP contribution in [0.2, 0.25) is 0 Å². The third-order valence-corrected chi connectivity index (χ3v) is 5.15. The third-order valence-electron chi connectivity index (χ3n) is 4.24. The number of hydrogen-bond donors (Lipinski definition) is 1. The summed E-state index contributed by atoms with van der Waals surface area (Å²) in [6.07, 6.45) is 1.24. The van der Waals surface area contributed by atoms with Gasteiger partial charge in [-0.15, -0.1) is 0 Å². The highest BCUT2D eigenvalue weighted by atomic mass is 32.2. The zero-order valence-electron chi connectivity index (χ0n) is 15.2. The molecule has 10 nitrogen and oxygen atoms in total. The molecule has 11 heteroatoms. The number of carbonyl (C=O) groups excluding carboxylic acids is 3. The molecule has 0 unspecified atom stereocenters. The van der Waals surface area contributed by atoms with Crippen molar-refractivity contribution < 1.29 is 28.8 Å². The van der Waals surface area contributed by atoms with Crippen molar-refractivity contribution in [3.63, 3.8) is 0 Å². The van der Waals surface area contributed by atoms with E-state index in [2.05, 4.69) is 5.32 Å². The van der Waals surface area contributed by atoms with Gasteiger partial charge in [0.2, 0.25) is 12.7 Å². The van der Waals surface area contributed by atoms with Gasteiger partial charge in [0.25, 0.3) is 16.8 Å². The average molecular weight is 427 g/mol. The van der Waals surface area contributed by atoms with Crippen molar-refractivity contribution >= 4 is 46.3 Å². The predicted octanol–water partition coefficient (Wildman–Crippen LogP) is 3.00. The topological polar surface area (TPSA) is 128 Å². The van der Waals surface area contributed by atoms with Gasteiger partial charge in [-0.05, 0) is 36.0 Å². The molecule has 0 saturated carbocycles. The number of nitro benzene ring substituents is 1. The molecule has 1 N–H and O–H groups in total. The van der Waals surface area contributed by atoms with Crippen LogP contribution in [0.25, 0.3) is 6.08 Å². The Kier molecular flexibility index (Phi) is 5.11. The first-order chi connectivity index (χ1) is 14.4. The van der Waals surface area contributed by atoms with Crippen molar-refractivity contribution in [3.8, 4) is 11.5 Å². The Morgan fingerprint density at radius 1 is 1.20 bits per heavy atom. The summed E-state index contributed by atoms with van der Waals surface area (Å²) in [5.41, 5.74) is 0.317. The number of hydrogen-bond acceptors (Lipinski definition) is 8. The van der Waals surface area contributed by atoms with Gasteiger partial charge in [-0.25, -0.2) is 0 Å². The number of anilines is 1. The number of carbonyl (C=O) groups is 3. The molecule has 152 valence electrons. The molecule has 0 aliphatic carbocycles. The van der Waals surface area contributed by atoms with E-state index in [4.69, 9.17) is 9.47 Å². The molecule has 2 aliphatic rings. The van der Waals surface area contributed by atoms with Gasteiger partial charge in [0.15, 0.2) is 11.5 Å². The Morgan fingerprint density at radius 3 is 2.60 bits per heavy atom. The zero-order valence-corrected chi connectivity index (χ0v) is 16.0. The maximum Gasteiger partial charge on any atom is 0.294 e. The van der Waals surface area contributed by atoms with E-state index in [-0.39, 0.29) is 28.7 Å². The highest BCUT2D eigenvalue weighted by molar-refractivity contribution is 8.18. The number of nitro groups is 1. The summed E-state index contributed by atoms with van der Waals surface area (Å²) < 4.78 is 10.4. The van der Waals surface area contributed by atoms with Crippen LogP contribution < -0.4 is 14.8 Å². The standard InChI is InChI=1S/C19H13N3O7S/c23-17(20-12-4-2-1-3-5-12)9-21-18(24)16(30-19(21)25)7-11-6-14-15(29-10-28-14)8-13(11)22(26)27/h1-8H,9-10H2,(H,20,23)/b16-7-. The van der Waals surface area contributed by atoms with Gasteiger partial charge < -0.3 is 14.8 Å². The van der Waals surface area contributed by atoms with Gasteiger partial charge >= 0.3 is 0 Å². The van der Waals surface area contributed by atoms with Gasteiger partial charge in [0, 0.05) is 5.69 Å². The van der Waals surface area contributed by atoms with Gasteiger partial charge in [-0.2, -0.15) is 0 Å². The van der Waals surface area contributed by atoms with Crippen molar-refractivity contribution in [1.82, 2.24) is 4.90 Å². The molecule has 2 aromatic rings. The highest BCUT2D eigenvalue weighted by Crippen LogP contribution is 2.40. The highest BCUT2D eigenvalue weighted by Gasteiger charge is 2.37. The molecular formula is C19H13N3O7S. The second kappa shape index (κ2) is 7.87. The molecule has 0 atom stereocenters. The number of benzene rings is 2. The number of thioether (sulfide) groups is 1. The van der Waals surface area contributed by atoms with Crippen LogP contribution in [0.15, 0.2) is 47.4 Å². The molecular weight excluding hydrogens is 414 g/mol. The van der Waals surface area contributed by atoms with Crippen molar-refractivity contribution in [1.29, 1.82) is 0 Å². The van der Waals surface area contributed by atoms with Gasteiger partial charge in [0.05, 0.1) is 21.5 Å². The van der Waals surface area contributed by atoms with E-state index in [1.807, 2.05) is 0 Å². The summed E-state index contributed by atoms with van der Waals surface area (Å²) in [4.78, 5) is 48.6. The Balaban J connectivity index is 1.55. The van der Waals surface area contributed by atoms with Crippen LogP contribution in [0.1, 0.15) is 5.56 Å². The Hall–Kier alpha value is -3.86. The second-order valence-electron chi connectivity index (χ2n) is 6.20. The van der Waals surface area contributed by atoms with E-state index in [1.54, 1.807) is 30.3 Å².